The van der Waals surface area contributed by atoms with Gasteiger partial charge in [-0.15, -0.1) is 0 Å². The molecule has 8 heteroatoms. The molecule has 0 aliphatic carbocycles. The fraction of sp³-hybridized carbons (Fsp3) is 0.417. The van der Waals surface area contributed by atoms with Crippen molar-refractivity contribution < 1.29 is 29.0 Å². The summed E-state index contributed by atoms with van der Waals surface area (Å²) in [7, 11) is -0.548. The number of rotatable bonds is 4. The molecule has 0 atom stereocenters. The lowest BCUT2D eigenvalue weighted by Gasteiger charge is -2.27. The van der Waals surface area contributed by atoms with Crippen LogP contribution in [0.2, 0.25) is 0 Å². The molecule has 1 aliphatic rings. The molecule has 0 unspecified atom stereocenters. The second kappa shape index (κ2) is 6.60. The molecular weight excluding hydrogens is 265 g/mol. The molecule has 2 N–H and O–H groups in total. The van der Waals surface area contributed by atoms with Gasteiger partial charge in [-0.3, -0.25) is 4.79 Å². The first-order valence-corrected chi connectivity index (χ1v) is 6.19. The van der Waals surface area contributed by atoms with Gasteiger partial charge in [-0.25, -0.2) is 0 Å². The molecule has 1 heterocycles. The predicted molar refractivity (Wildman–Crippen MR) is 70.5 cm³/mol. The molecule has 1 aliphatic heterocycles. The Morgan fingerprint density at radius 1 is 1.30 bits per heavy atom. The number of hydrogen-bond donors (Lipinski definition) is 2. The SMILES string of the molecule is COc1ccc(C(=O)N2CCOCC2)cc1OB(O)O. The minimum atomic E-state index is -1.97. The van der Waals surface area contributed by atoms with E-state index in [2.05, 4.69) is 0 Å². The molecule has 0 saturated carbocycles. The van der Waals surface area contributed by atoms with Crippen LogP contribution in [0.1, 0.15) is 10.4 Å². The molecule has 0 aromatic heterocycles. The van der Waals surface area contributed by atoms with Crippen molar-refractivity contribution in [3.8, 4) is 11.5 Å². The Labute approximate surface area is 116 Å². The number of hydrogen-bond acceptors (Lipinski definition) is 6. The van der Waals surface area contributed by atoms with Gasteiger partial charge in [-0.2, -0.15) is 0 Å². The Morgan fingerprint density at radius 2 is 2.00 bits per heavy atom. The molecule has 108 valence electrons. The van der Waals surface area contributed by atoms with Crippen LogP contribution in [0.3, 0.4) is 0 Å². The van der Waals surface area contributed by atoms with E-state index in [0.29, 0.717) is 37.6 Å². The van der Waals surface area contributed by atoms with E-state index in [1.807, 2.05) is 0 Å². The van der Waals surface area contributed by atoms with E-state index in [-0.39, 0.29) is 11.7 Å². The summed E-state index contributed by atoms with van der Waals surface area (Å²) in [6.07, 6.45) is 0. The van der Waals surface area contributed by atoms with Crippen LogP contribution in [-0.4, -0.2) is 61.6 Å². The molecule has 0 radical (unpaired) electrons. The minimum Gasteiger partial charge on any atom is -0.509 e. The Morgan fingerprint density at radius 3 is 2.60 bits per heavy atom. The third kappa shape index (κ3) is 3.41. The summed E-state index contributed by atoms with van der Waals surface area (Å²) in [6.45, 7) is 2.09. The molecule has 1 fully saturated rings. The number of ether oxygens (including phenoxy) is 2. The first kappa shape index (κ1) is 14.6. The zero-order valence-corrected chi connectivity index (χ0v) is 11.1. The van der Waals surface area contributed by atoms with Crippen LogP contribution in [0.25, 0.3) is 0 Å². The molecule has 1 saturated heterocycles. The number of carbonyl (C=O) groups excluding carboxylic acids is 1. The Hall–Kier alpha value is -1.77. The van der Waals surface area contributed by atoms with Gasteiger partial charge in [0.25, 0.3) is 5.91 Å². The number of morpholine rings is 1. The summed E-state index contributed by atoms with van der Waals surface area (Å²) in [6, 6.07) is 4.58. The maximum atomic E-state index is 12.3. The van der Waals surface area contributed by atoms with Crippen LogP contribution in [-0.2, 0) is 4.74 Å². The van der Waals surface area contributed by atoms with E-state index < -0.39 is 7.32 Å². The lowest BCUT2D eigenvalue weighted by Crippen LogP contribution is -2.40. The molecule has 0 bridgehead atoms. The molecule has 1 aromatic rings. The standard InChI is InChI=1S/C12H16BNO6/c1-18-10-3-2-9(8-11(10)20-13(16)17)12(15)14-4-6-19-7-5-14/h2-3,8,16-17H,4-7H2,1H3. The van der Waals surface area contributed by atoms with E-state index in [4.69, 9.17) is 24.2 Å². The monoisotopic (exact) mass is 281 g/mol. The summed E-state index contributed by atoms with van der Waals surface area (Å²) < 4.78 is 15.0. The zero-order valence-electron chi connectivity index (χ0n) is 11.1. The highest BCUT2D eigenvalue weighted by atomic mass is 16.6. The molecule has 2 rings (SSSR count). The third-order valence-corrected chi connectivity index (χ3v) is 2.94. The lowest BCUT2D eigenvalue weighted by molar-refractivity contribution is 0.0302. The second-order valence-corrected chi connectivity index (χ2v) is 4.21. The van der Waals surface area contributed by atoms with E-state index in [1.165, 1.54) is 13.2 Å². The highest BCUT2D eigenvalue weighted by molar-refractivity contribution is 6.33. The van der Waals surface area contributed by atoms with Crippen LogP contribution >= 0.6 is 0 Å². The number of nitrogens with zero attached hydrogens (tertiary/aromatic N) is 1. The van der Waals surface area contributed by atoms with E-state index in [1.54, 1.807) is 17.0 Å². The van der Waals surface area contributed by atoms with Crippen molar-refractivity contribution in [1.82, 2.24) is 4.90 Å². The van der Waals surface area contributed by atoms with Crippen molar-refractivity contribution in [3.63, 3.8) is 0 Å². The van der Waals surface area contributed by atoms with Crippen molar-refractivity contribution in [3.05, 3.63) is 23.8 Å². The average molecular weight is 281 g/mol. The highest BCUT2D eigenvalue weighted by Crippen LogP contribution is 2.28. The largest absolute Gasteiger partial charge is 0.707 e. The fourth-order valence-corrected chi connectivity index (χ4v) is 1.96. The topological polar surface area (TPSA) is 88.5 Å². The van der Waals surface area contributed by atoms with Crippen molar-refractivity contribution in [2.75, 3.05) is 33.4 Å². The molecule has 1 amide bonds. The van der Waals surface area contributed by atoms with Gasteiger partial charge in [0.05, 0.1) is 20.3 Å². The van der Waals surface area contributed by atoms with E-state index in [0.717, 1.165) is 0 Å². The van der Waals surface area contributed by atoms with Gasteiger partial charge in [0.2, 0.25) is 0 Å². The first-order valence-electron chi connectivity index (χ1n) is 6.19. The fourth-order valence-electron chi connectivity index (χ4n) is 1.96. The Bertz CT molecular complexity index is 475. The maximum Gasteiger partial charge on any atom is 0.707 e. The van der Waals surface area contributed by atoms with Gasteiger partial charge < -0.3 is 29.1 Å². The second-order valence-electron chi connectivity index (χ2n) is 4.21. The van der Waals surface area contributed by atoms with Crippen molar-refractivity contribution in [2.24, 2.45) is 0 Å². The average Bonchev–Trinajstić information content (AvgIpc) is 2.46. The maximum absolute atomic E-state index is 12.3. The molecule has 1 aromatic carbocycles. The van der Waals surface area contributed by atoms with Gasteiger partial charge in [-0.05, 0) is 18.2 Å². The van der Waals surface area contributed by atoms with Crippen LogP contribution in [0, 0.1) is 0 Å². The van der Waals surface area contributed by atoms with Gasteiger partial charge in [0.15, 0.2) is 5.75 Å². The summed E-state index contributed by atoms with van der Waals surface area (Å²) in [5.74, 6) is 0.256. The predicted octanol–water partition coefficient (Wildman–Crippen LogP) is -0.484. The van der Waals surface area contributed by atoms with Crippen molar-refractivity contribution in [1.29, 1.82) is 0 Å². The summed E-state index contributed by atoms with van der Waals surface area (Å²) in [4.78, 5) is 14.0. The van der Waals surface area contributed by atoms with Crippen LogP contribution in [0.5, 0.6) is 11.5 Å². The van der Waals surface area contributed by atoms with Crippen molar-refractivity contribution >= 4 is 13.2 Å². The van der Waals surface area contributed by atoms with Crippen molar-refractivity contribution in [2.45, 2.75) is 0 Å². The molecule has 0 spiro atoms. The zero-order chi connectivity index (χ0) is 14.5. The van der Waals surface area contributed by atoms with Crippen LogP contribution < -0.4 is 9.39 Å². The quantitative estimate of drug-likeness (QED) is 0.724. The summed E-state index contributed by atoms with van der Waals surface area (Å²) in [5, 5.41) is 17.7. The molecule has 7 nitrogen and oxygen atoms in total. The number of amides is 1. The minimum absolute atomic E-state index is 0.0987. The Kier molecular flexibility index (Phi) is 4.83. The van der Waals surface area contributed by atoms with Crippen LogP contribution in [0.15, 0.2) is 18.2 Å². The summed E-state index contributed by atoms with van der Waals surface area (Å²) >= 11 is 0. The third-order valence-electron chi connectivity index (χ3n) is 2.94. The number of benzene rings is 1. The number of methoxy groups -OCH3 is 1. The van der Waals surface area contributed by atoms with Gasteiger partial charge in [0, 0.05) is 18.7 Å². The lowest BCUT2D eigenvalue weighted by atomic mass is 10.1. The smallest absolute Gasteiger partial charge is 0.509 e. The number of carbonyl (C=O) groups is 1. The highest BCUT2D eigenvalue weighted by Gasteiger charge is 2.21. The molecular formula is C12H16BNO6. The normalized spacial score (nSPS) is 14.8. The Balaban J connectivity index is 2.20. The molecule has 20 heavy (non-hydrogen) atoms. The van der Waals surface area contributed by atoms with Gasteiger partial charge in [0.1, 0.15) is 5.75 Å². The van der Waals surface area contributed by atoms with E-state index >= 15 is 0 Å². The first-order chi connectivity index (χ1) is 9.61. The van der Waals surface area contributed by atoms with Crippen LogP contribution in [0.4, 0.5) is 0 Å². The van der Waals surface area contributed by atoms with Gasteiger partial charge >= 0.3 is 7.32 Å². The van der Waals surface area contributed by atoms with Gasteiger partial charge in [-0.1, -0.05) is 0 Å². The van der Waals surface area contributed by atoms with E-state index in [9.17, 15) is 4.79 Å². The summed E-state index contributed by atoms with van der Waals surface area (Å²) in [5.41, 5.74) is 0.392.